The highest BCUT2D eigenvalue weighted by atomic mass is 32.2. The minimum atomic E-state index is -5.48. The highest BCUT2D eigenvalue weighted by molar-refractivity contribution is 7.92. The number of hydrogen-bond acceptors (Lipinski definition) is 8. The number of anilines is 2. The van der Waals surface area contributed by atoms with Crippen molar-refractivity contribution in [1.29, 1.82) is 5.26 Å². The van der Waals surface area contributed by atoms with Gasteiger partial charge in [-0.25, -0.2) is 8.42 Å². The number of methoxy groups -OCH3 is 1. The Labute approximate surface area is 200 Å². The molecule has 10 nitrogen and oxygen atoms in total. The van der Waals surface area contributed by atoms with Gasteiger partial charge >= 0.3 is 5.51 Å². The zero-order chi connectivity index (χ0) is 25.8. The summed E-state index contributed by atoms with van der Waals surface area (Å²) in [7, 11) is -3.88. The van der Waals surface area contributed by atoms with Crippen LogP contribution in [0.2, 0.25) is 0 Å². The summed E-state index contributed by atoms with van der Waals surface area (Å²) in [5.74, 6) is -1.14. The molecule has 1 aromatic carbocycles. The summed E-state index contributed by atoms with van der Waals surface area (Å²) in [4.78, 5) is 11.1. The molecular formula is C21H25F3N6O4S. The van der Waals surface area contributed by atoms with Gasteiger partial charge in [-0.15, -0.1) is 0 Å². The fourth-order valence-electron chi connectivity index (χ4n) is 3.98. The van der Waals surface area contributed by atoms with E-state index in [-0.39, 0.29) is 35.1 Å². The number of nitriles is 1. The van der Waals surface area contributed by atoms with Crippen molar-refractivity contribution in [2.45, 2.75) is 41.7 Å². The van der Waals surface area contributed by atoms with Crippen molar-refractivity contribution in [2.75, 3.05) is 25.6 Å². The zero-order valence-electron chi connectivity index (χ0n) is 18.7. The summed E-state index contributed by atoms with van der Waals surface area (Å²) in [6.07, 6.45) is 3.40. The van der Waals surface area contributed by atoms with Gasteiger partial charge in [0.15, 0.2) is 5.82 Å². The molecule has 1 aliphatic rings. The van der Waals surface area contributed by atoms with Gasteiger partial charge in [-0.3, -0.25) is 9.48 Å². The number of alkyl halides is 3. The van der Waals surface area contributed by atoms with Crippen LogP contribution in [0.25, 0.3) is 0 Å². The Bertz CT molecular complexity index is 1190. The molecule has 1 heterocycles. The van der Waals surface area contributed by atoms with Gasteiger partial charge in [-0.05, 0) is 43.5 Å². The number of sulfone groups is 1. The summed E-state index contributed by atoms with van der Waals surface area (Å²) in [5.41, 5.74) is 0.271. The summed E-state index contributed by atoms with van der Waals surface area (Å²) in [6, 6.07) is 5.97. The molecule has 2 aromatic rings. The molecule has 0 saturated heterocycles. The van der Waals surface area contributed by atoms with Crippen molar-refractivity contribution in [3.05, 3.63) is 36.0 Å². The predicted octanol–water partition coefficient (Wildman–Crippen LogP) is 2.49. The SMILES string of the molecule is COCCNC1CC[C@H](n2cc(C(N)=O)c(Nc3ccc(S(=O)(=O)C(F)(F)F)cc3)n2)C(C#N)C1. The fraction of sp³-hybridized carbons (Fsp3) is 0.476. The first kappa shape index (κ1) is 26.5. The van der Waals surface area contributed by atoms with Gasteiger partial charge in [0.1, 0.15) is 5.56 Å². The molecule has 2 unspecified atom stereocenters. The number of nitrogens with two attached hydrogens (primary N) is 1. The Morgan fingerprint density at radius 3 is 2.57 bits per heavy atom. The Hall–Kier alpha value is -3.15. The van der Waals surface area contributed by atoms with Crippen molar-refractivity contribution in [2.24, 2.45) is 11.7 Å². The number of halogens is 3. The predicted molar refractivity (Wildman–Crippen MR) is 119 cm³/mol. The maximum Gasteiger partial charge on any atom is 0.501 e. The van der Waals surface area contributed by atoms with Gasteiger partial charge in [0.25, 0.3) is 15.7 Å². The largest absolute Gasteiger partial charge is 0.501 e. The number of benzene rings is 1. The number of nitrogens with one attached hydrogen (secondary N) is 2. The standard InChI is InChI=1S/C21H25F3N6O4S/c1-34-9-8-27-15-4-7-18(13(10-15)11-25)30-12-17(19(26)31)20(29-30)28-14-2-5-16(6-3-14)35(32,33)21(22,23)24/h2-3,5-6,12-13,15,18,27H,4,7-10H2,1H3,(H2,26,31)(H,28,29)/t13?,15?,18-/m0/s1. The molecule has 1 aromatic heterocycles. The second-order valence-electron chi connectivity index (χ2n) is 8.09. The molecule has 0 aliphatic heterocycles. The molecule has 4 N–H and O–H groups in total. The van der Waals surface area contributed by atoms with Gasteiger partial charge in [0.05, 0.1) is 29.5 Å². The maximum absolute atomic E-state index is 12.8. The Balaban J connectivity index is 1.79. The third-order valence-electron chi connectivity index (χ3n) is 5.79. The quantitative estimate of drug-likeness (QED) is 0.432. The third-order valence-corrected chi connectivity index (χ3v) is 7.29. The average Bonchev–Trinajstić information content (AvgIpc) is 3.22. The van der Waals surface area contributed by atoms with Crippen LogP contribution in [0, 0.1) is 17.2 Å². The summed E-state index contributed by atoms with van der Waals surface area (Å²) < 4.78 is 67.9. The van der Waals surface area contributed by atoms with Crippen molar-refractivity contribution < 1.29 is 31.1 Å². The highest BCUT2D eigenvalue weighted by Gasteiger charge is 2.46. The van der Waals surface area contributed by atoms with Crippen LogP contribution in [0.15, 0.2) is 35.4 Å². The van der Waals surface area contributed by atoms with Crippen molar-refractivity contribution in [3.8, 4) is 6.07 Å². The van der Waals surface area contributed by atoms with Crippen LogP contribution < -0.4 is 16.4 Å². The molecule has 3 rings (SSSR count). The number of amides is 1. The van der Waals surface area contributed by atoms with E-state index in [2.05, 4.69) is 21.8 Å². The molecule has 1 fully saturated rings. The number of aromatic nitrogens is 2. The van der Waals surface area contributed by atoms with E-state index in [9.17, 15) is 31.6 Å². The summed E-state index contributed by atoms with van der Waals surface area (Å²) in [6.45, 7) is 1.21. The Kier molecular flexibility index (Phi) is 8.04. The Morgan fingerprint density at radius 2 is 2.00 bits per heavy atom. The van der Waals surface area contributed by atoms with E-state index in [4.69, 9.17) is 10.5 Å². The molecule has 0 bridgehead atoms. The van der Waals surface area contributed by atoms with Gasteiger partial charge in [0, 0.05) is 31.6 Å². The minimum Gasteiger partial charge on any atom is -0.383 e. The maximum atomic E-state index is 12.8. The van der Waals surface area contributed by atoms with Crippen LogP contribution in [-0.2, 0) is 14.6 Å². The normalized spacial score (nSPS) is 20.8. The molecule has 0 spiro atoms. The molecule has 1 amide bonds. The van der Waals surface area contributed by atoms with Crippen molar-refractivity contribution in [1.82, 2.24) is 15.1 Å². The van der Waals surface area contributed by atoms with E-state index in [0.29, 0.717) is 26.0 Å². The van der Waals surface area contributed by atoms with Gasteiger partial charge in [-0.1, -0.05) is 0 Å². The highest BCUT2D eigenvalue weighted by Crippen LogP contribution is 2.35. The van der Waals surface area contributed by atoms with E-state index in [1.807, 2.05) is 0 Å². The second-order valence-corrected chi connectivity index (χ2v) is 10.0. The molecule has 1 aliphatic carbocycles. The average molecular weight is 515 g/mol. The Morgan fingerprint density at radius 1 is 1.31 bits per heavy atom. The first-order chi connectivity index (χ1) is 16.5. The van der Waals surface area contributed by atoms with Gasteiger partial charge in [-0.2, -0.15) is 23.5 Å². The number of rotatable bonds is 9. The number of nitrogens with zero attached hydrogens (tertiary/aromatic N) is 3. The number of hydrogen-bond donors (Lipinski definition) is 3. The fourth-order valence-corrected chi connectivity index (χ4v) is 4.74. The lowest BCUT2D eigenvalue weighted by atomic mass is 9.82. The van der Waals surface area contributed by atoms with Crippen LogP contribution in [0.3, 0.4) is 0 Å². The van der Waals surface area contributed by atoms with Crippen molar-refractivity contribution >= 4 is 27.2 Å². The van der Waals surface area contributed by atoms with Gasteiger partial charge in [0.2, 0.25) is 0 Å². The van der Waals surface area contributed by atoms with Crippen LogP contribution >= 0.6 is 0 Å². The van der Waals surface area contributed by atoms with Crippen LogP contribution in [0.1, 0.15) is 35.7 Å². The lowest BCUT2D eigenvalue weighted by molar-refractivity contribution is -0.0436. The van der Waals surface area contributed by atoms with E-state index < -0.39 is 26.1 Å². The number of ether oxygens (including phenoxy) is 1. The summed E-state index contributed by atoms with van der Waals surface area (Å²) >= 11 is 0. The van der Waals surface area contributed by atoms with Crippen LogP contribution in [-0.4, -0.2) is 55.9 Å². The molecular weight excluding hydrogens is 489 g/mol. The van der Waals surface area contributed by atoms with E-state index in [0.717, 1.165) is 30.7 Å². The monoisotopic (exact) mass is 514 g/mol. The molecule has 1 saturated carbocycles. The third kappa shape index (κ3) is 5.92. The number of primary amides is 1. The first-order valence-electron chi connectivity index (χ1n) is 10.7. The van der Waals surface area contributed by atoms with E-state index >= 15 is 0 Å². The molecule has 35 heavy (non-hydrogen) atoms. The lowest BCUT2D eigenvalue weighted by Crippen LogP contribution is -2.39. The first-order valence-corrected chi connectivity index (χ1v) is 12.2. The second kappa shape index (κ2) is 10.6. The van der Waals surface area contributed by atoms with Gasteiger partial charge < -0.3 is 21.1 Å². The van der Waals surface area contributed by atoms with E-state index in [1.165, 1.54) is 10.9 Å². The minimum absolute atomic E-state index is 0.0222. The lowest BCUT2D eigenvalue weighted by Gasteiger charge is -2.33. The molecule has 3 atom stereocenters. The molecule has 0 radical (unpaired) electrons. The zero-order valence-corrected chi connectivity index (χ0v) is 19.6. The van der Waals surface area contributed by atoms with Crippen LogP contribution in [0.4, 0.5) is 24.7 Å². The summed E-state index contributed by atoms with van der Waals surface area (Å²) in [5, 5.41) is 20.2. The van der Waals surface area contributed by atoms with Crippen LogP contribution in [0.5, 0.6) is 0 Å². The smallest absolute Gasteiger partial charge is 0.383 e. The molecule has 190 valence electrons. The van der Waals surface area contributed by atoms with Crippen molar-refractivity contribution in [3.63, 3.8) is 0 Å². The molecule has 14 heteroatoms. The van der Waals surface area contributed by atoms with E-state index in [1.54, 1.807) is 7.11 Å². The topological polar surface area (TPSA) is 152 Å². The number of carbonyl (C=O) groups is 1. The number of carbonyl (C=O) groups excluding carboxylic acids is 1.